The lowest BCUT2D eigenvalue weighted by Crippen LogP contribution is -2.02. The molecule has 0 saturated heterocycles. The van der Waals surface area contributed by atoms with Crippen molar-refractivity contribution >= 4 is 17.5 Å². The van der Waals surface area contributed by atoms with Crippen LogP contribution in [0.15, 0.2) is 15.9 Å². The summed E-state index contributed by atoms with van der Waals surface area (Å²) in [5, 5.41) is 5.72. The third-order valence-electron chi connectivity index (χ3n) is 2.03. The SMILES string of the molecule is CCOC(=O)c1cc(-c2csnn2)c(C)o1. The lowest BCUT2D eigenvalue weighted by Gasteiger charge is -1.95. The van der Waals surface area contributed by atoms with Crippen LogP contribution in [0.5, 0.6) is 0 Å². The molecule has 16 heavy (non-hydrogen) atoms. The predicted molar refractivity (Wildman–Crippen MR) is 58.3 cm³/mol. The summed E-state index contributed by atoms with van der Waals surface area (Å²) in [6.45, 7) is 3.85. The van der Waals surface area contributed by atoms with Gasteiger partial charge in [-0.05, 0) is 25.4 Å². The van der Waals surface area contributed by atoms with E-state index in [1.54, 1.807) is 25.3 Å². The van der Waals surface area contributed by atoms with Crippen LogP contribution in [-0.4, -0.2) is 22.2 Å². The minimum absolute atomic E-state index is 0.197. The highest BCUT2D eigenvalue weighted by Gasteiger charge is 2.17. The van der Waals surface area contributed by atoms with Gasteiger partial charge in [0.05, 0.1) is 6.61 Å². The molecule has 2 heterocycles. The molecule has 0 unspecified atom stereocenters. The van der Waals surface area contributed by atoms with Gasteiger partial charge in [0.1, 0.15) is 11.5 Å². The number of hydrogen-bond donors (Lipinski definition) is 0. The Bertz CT molecular complexity index is 490. The number of carbonyl (C=O) groups is 1. The molecule has 0 spiro atoms. The first kappa shape index (κ1) is 10.8. The zero-order valence-electron chi connectivity index (χ0n) is 8.89. The van der Waals surface area contributed by atoms with Gasteiger partial charge in [-0.15, -0.1) is 5.10 Å². The number of carbonyl (C=O) groups excluding carboxylic acids is 1. The maximum atomic E-state index is 11.4. The van der Waals surface area contributed by atoms with Gasteiger partial charge in [-0.3, -0.25) is 0 Å². The van der Waals surface area contributed by atoms with Crippen LogP contribution in [0.3, 0.4) is 0 Å². The zero-order chi connectivity index (χ0) is 11.5. The van der Waals surface area contributed by atoms with Crippen molar-refractivity contribution < 1.29 is 13.9 Å². The number of rotatable bonds is 3. The molecule has 6 heteroatoms. The van der Waals surface area contributed by atoms with Crippen LogP contribution >= 0.6 is 11.5 Å². The van der Waals surface area contributed by atoms with Crippen molar-refractivity contribution in [3.63, 3.8) is 0 Å². The van der Waals surface area contributed by atoms with E-state index < -0.39 is 5.97 Å². The van der Waals surface area contributed by atoms with Crippen molar-refractivity contribution in [1.29, 1.82) is 0 Å². The Labute approximate surface area is 96.2 Å². The van der Waals surface area contributed by atoms with E-state index in [-0.39, 0.29) is 5.76 Å². The highest BCUT2D eigenvalue weighted by Crippen LogP contribution is 2.26. The molecule has 84 valence electrons. The fourth-order valence-corrected chi connectivity index (χ4v) is 1.78. The summed E-state index contributed by atoms with van der Waals surface area (Å²) in [6, 6.07) is 1.63. The second-order valence-corrected chi connectivity index (χ2v) is 3.70. The molecule has 0 fully saturated rings. The number of esters is 1. The Morgan fingerprint density at radius 3 is 3.06 bits per heavy atom. The topological polar surface area (TPSA) is 65.2 Å². The number of aryl methyl sites for hydroxylation is 1. The minimum atomic E-state index is -0.458. The molecule has 2 rings (SSSR count). The summed E-state index contributed by atoms with van der Waals surface area (Å²) in [5.41, 5.74) is 1.48. The first-order valence-electron chi connectivity index (χ1n) is 4.77. The van der Waals surface area contributed by atoms with Gasteiger partial charge >= 0.3 is 5.97 Å². The van der Waals surface area contributed by atoms with Crippen molar-refractivity contribution in [2.24, 2.45) is 0 Å². The van der Waals surface area contributed by atoms with Crippen LogP contribution in [0.2, 0.25) is 0 Å². The first-order chi connectivity index (χ1) is 7.72. The highest BCUT2D eigenvalue weighted by atomic mass is 32.1. The van der Waals surface area contributed by atoms with Crippen LogP contribution in [-0.2, 0) is 4.74 Å². The van der Waals surface area contributed by atoms with E-state index in [0.29, 0.717) is 18.1 Å². The largest absolute Gasteiger partial charge is 0.460 e. The minimum Gasteiger partial charge on any atom is -0.460 e. The third kappa shape index (κ3) is 1.96. The van der Waals surface area contributed by atoms with Crippen molar-refractivity contribution in [2.45, 2.75) is 13.8 Å². The average Bonchev–Trinajstić information content (AvgIpc) is 2.86. The quantitative estimate of drug-likeness (QED) is 0.767. The molecular weight excluding hydrogens is 228 g/mol. The smallest absolute Gasteiger partial charge is 0.374 e. The maximum Gasteiger partial charge on any atom is 0.374 e. The predicted octanol–water partition coefficient (Wildman–Crippen LogP) is 2.28. The van der Waals surface area contributed by atoms with Gasteiger partial charge in [-0.2, -0.15) is 0 Å². The molecule has 0 amide bonds. The second kappa shape index (κ2) is 4.44. The number of hydrogen-bond acceptors (Lipinski definition) is 6. The number of furan rings is 1. The van der Waals surface area contributed by atoms with Gasteiger partial charge in [0.15, 0.2) is 0 Å². The van der Waals surface area contributed by atoms with E-state index in [4.69, 9.17) is 9.15 Å². The van der Waals surface area contributed by atoms with E-state index in [2.05, 4.69) is 9.59 Å². The van der Waals surface area contributed by atoms with Gasteiger partial charge in [0.25, 0.3) is 0 Å². The van der Waals surface area contributed by atoms with Crippen LogP contribution < -0.4 is 0 Å². The number of aromatic nitrogens is 2. The molecule has 2 aromatic heterocycles. The van der Waals surface area contributed by atoms with Gasteiger partial charge in [-0.1, -0.05) is 4.49 Å². The summed E-state index contributed by atoms with van der Waals surface area (Å²) in [6.07, 6.45) is 0. The Balaban J connectivity index is 2.32. The molecule has 0 aromatic carbocycles. The molecule has 0 saturated carbocycles. The van der Waals surface area contributed by atoms with Crippen LogP contribution in [0.25, 0.3) is 11.3 Å². The third-order valence-corrected chi connectivity index (χ3v) is 2.53. The van der Waals surface area contributed by atoms with E-state index in [1.165, 1.54) is 11.5 Å². The monoisotopic (exact) mass is 238 g/mol. The Morgan fingerprint density at radius 1 is 1.62 bits per heavy atom. The van der Waals surface area contributed by atoms with Crippen LogP contribution in [0, 0.1) is 6.92 Å². The lowest BCUT2D eigenvalue weighted by molar-refractivity contribution is 0.0488. The molecule has 0 aliphatic carbocycles. The summed E-state index contributed by atoms with van der Waals surface area (Å²) < 4.78 is 13.9. The van der Waals surface area contributed by atoms with Gasteiger partial charge in [0.2, 0.25) is 5.76 Å². The molecular formula is C10H10N2O3S. The summed E-state index contributed by atoms with van der Waals surface area (Å²) in [5.74, 6) is 0.373. The van der Waals surface area contributed by atoms with Gasteiger partial charge < -0.3 is 9.15 Å². The molecule has 2 aromatic rings. The van der Waals surface area contributed by atoms with Crippen LogP contribution in [0.4, 0.5) is 0 Å². The summed E-state index contributed by atoms with van der Waals surface area (Å²) in [4.78, 5) is 11.4. The van der Waals surface area contributed by atoms with E-state index >= 15 is 0 Å². The Morgan fingerprint density at radius 2 is 2.44 bits per heavy atom. The summed E-state index contributed by atoms with van der Waals surface area (Å²) in [7, 11) is 0. The van der Waals surface area contributed by atoms with Crippen molar-refractivity contribution in [2.75, 3.05) is 6.61 Å². The van der Waals surface area contributed by atoms with Crippen molar-refractivity contribution in [3.05, 3.63) is 23.0 Å². The van der Waals surface area contributed by atoms with Crippen LogP contribution in [0.1, 0.15) is 23.2 Å². The van der Waals surface area contributed by atoms with E-state index in [1.807, 2.05) is 0 Å². The maximum absolute atomic E-state index is 11.4. The molecule has 0 bridgehead atoms. The fourth-order valence-electron chi connectivity index (χ4n) is 1.32. The standard InChI is InChI=1S/C10H10N2O3S/c1-3-14-10(13)9-4-7(6(2)15-9)8-5-16-12-11-8/h4-5H,3H2,1-2H3. The highest BCUT2D eigenvalue weighted by molar-refractivity contribution is 7.03. The summed E-state index contributed by atoms with van der Waals surface area (Å²) >= 11 is 1.25. The normalized spacial score (nSPS) is 10.4. The first-order valence-corrected chi connectivity index (χ1v) is 5.61. The number of ether oxygens (including phenoxy) is 1. The molecule has 0 atom stereocenters. The number of nitrogens with zero attached hydrogens (tertiary/aromatic N) is 2. The Hall–Kier alpha value is -1.69. The molecule has 5 nitrogen and oxygen atoms in total. The average molecular weight is 238 g/mol. The van der Waals surface area contributed by atoms with Gasteiger partial charge in [0, 0.05) is 17.0 Å². The van der Waals surface area contributed by atoms with Gasteiger partial charge in [-0.25, -0.2) is 4.79 Å². The molecule has 0 aliphatic rings. The second-order valence-electron chi connectivity index (χ2n) is 3.09. The van der Waals surface area contributed by atoms with E-state index in [9.17, 15) is 4.79 Å². The molecule has 0 N–H and O–H groups in total. The molecule has 0 aliphatic heterocycles. The lowest BCUT2D eigenvalue weighted by atomic mass is 10.2. The zero-order valence-corrected chi connectivity index (χ0v) is 9.71. The van der Waals surface area contributed by atoms with E-state index in [0.717, 1.165) is 5.56 Å². The van der Waals surface area contributed by atoms with Crippen molar-refractivity contribution in [1.82, 2.24) is 9.59 Å². The Kier molecular flexibility index (Phi) is 3.00. The van der Waals surface area contributed by atoms with Crippen molar-refractivity contribution in [3.8, 4) is 11.3 Å². The fraction of sp³-hybridized carbons (Fsp3) is 0.300. The molecule has 0 radical (unpaired) electrons.